The van der Waals surface area contributed by atoms with Gasteiger partial charge in [0.2, 0.25) is 10.0 Å². The number of primary sulfonamides is 1. The molecule has 0 radical (unpaired) electrons. The molecule has 0 fully saturated rings. The van der Waals surface area contributed by atoms with E-state index in [0.29, 0.717) is 0 Å². The van der Waals surface area contributed by atoms with Gasteiger partial charge in [-0.05, 0) is 25.5 Å². The Morgan fingerprint density at radius 2 is 2.00 bits per heavy atom. The molecule has 0 atom stereocenters. The van der Waals surface area contributed by atoms with Gasteiger partial charge in [-0.3, -0.25) is 0 Å². The zero-order chi connectivity index (χ0) is 12.6. The molecule has 1 aromatic carbocycles. The minimum atomic E-state index is -3.69. The fourth-order valence-corrected chi connectivity index (χ4v) is 2.09. The SMILES string of the molecule is Cc1ccc(-n2cc(S(N)(=O)=O)cn2)c(C)c1. The Hall–Kier alpha value is -1.66. The standard InChI is InChI=1S/C11H13N3O2S/c1-8-3-4-11(9(2)5-8)14-7-10(6-13-14)17(12,15)16/h3-7H,1-2H3,(H2,12,15,16). The van der Waals surface area contributed by atoms with Crippen molar-refractivity contribution in [1.29, 1.82) is 0 Å². The minimum Gasteiger partial charge on any atom is -0.239 e. The van der Waals surface area contributed by atoms with E-state index in [2.05, 4.69) is 5.10 Å². The Bertz CT molecular complexity index is 659. The summed E-state index contributed by atoms with van der Waals surface area (Å²) in [4.78, 5) is 0.0116. The lowest BCUT2D eigenvalue weighted by atomic mass is 10.1. The predicted octanol–water partition coefficient (Wildman–Crippen LogP) is 1.14. The molecule has 17 heavy (non-hydrogen) atoms. The van der Waals surface area contributed by atoms with E-state index in [4.69, 9.17) is 5.14 Å². The molecule has 0 unspecified atom stereocenters. The topological polar surface area (TPSA) is 78.0 Å². The molecule has 0 aliphatic carbocycles. The molecule has 0 saturated heterocycles. The Labute approximate surface area is 99.9 Å². The number of aromatic nitrogens is 2. The first-order valence-corrected chi connectivity index (χ1v) is 6.57. The van der Waals surface area contributed by atoms with Crippen LogP contribution in [0.2, 0.25) is 0 Å². The van der Waals surface area contributed by atoms with Crippen molar-refractivity contribution in [2.75, 3.05) is 0 Å². The number of hydrogen-bond acceptors (Lipinski definition) is 3. The van der Waals surface area contributed by atoms with Crippen molar-refractivity contribution in [3.05, 3.63) is 41.7 Å². The van der Waals surface area contributed by atoms with Gasteiger partial charge < -0.3 is 0 Å². The van der Waals surface area contributed by atoms with Gasteiger partial charge in [0.05, 0.1) is 18.1 Å². The quantitative estimate of drug-likeness (QED) is 0.869. The fourth-order valence-electron chi connectivity index (χ4n) is 1.65. The van der Waals surface area contributed by atoms with Gasteiger partial charge in [-0.15, -0.1) is 0 Å². The first-order valence-electron chi connectivity index (χ1n) is 5.03. The summed E-state index contributed by atoms with van der Waals surface area (Å²) in [6.45, 7) is 3.94. The van der Waals surface area contributed by atoms with Crippen molar-refractivity contribution in [2.24, 2.45) is 5.14 Å². The molecule has 1 aromatic heterocycles. The molecule has 0 saturated carbocycles. The van der Waals surface area contributed by atoms with Crippen molar-refractivity contribution in [2.45, 2.75) is 18.7 Å². The summed E-state index contributed by atoms with van der Waals surface area (Å²) in [7, 11) is -3.69. The summed E-state index contributed by atoms with van der Waals surface area (Å²) in [5.41, 5.74) is 3.00. The number of hydrogen-bond donors (Lipinski definition) is 1. The Morgan fingerprint density at radius 3 is 2.53 bits per heavy atom. The van der Waals surface area contributed by atoms with E-state index in [9.17, 15) is 8.42 Å². The van der Waals surface area contributed by atoms with Gasteiger partial charge in [0.1, 0.15) is 4.90 Å². The highest BCUT2D eigenvalue weighted by Gasteiger charge is 2.12. The minimum absolute atomic E-state index is 0.0116. The number of rotatable bonds is 2. The smallest absolute Gasteiger partial charge is 0.239 e. The molecule has 0 aliphatic rings. The van der Waals surface area contributed by atoms with Gasteiger partial charge in [-0.25, -0.2) is 18.2 Å². The van der Waals surface area contributed by atoms with Crippen LogP contribution in [0.3, 0.4) is 0 Å². The third-order valence-corrected chi connectivity index (χ3v) is 3.35. The molecule has 2 aromatic rings. The fraction of sp³-hybridized carbons (Fsp3) is 0.182. The monoisotopic (exact) mass is 251 g/mol. The van der Waals surface area contributed by atoms with Crippen molar-refractivity contribution in [3.8, 4) is 5.69 Å². The van der Waals surface area contributed by atoms with Gasteiger partial charge in [-0.1, -0.05) is 17.7 Å². The van der Waals surface area contributed by atoms with E-state index >= 15 is 0 Å². The molecule has 2 rings (SSSR count). The van der Waals surface area contributed by atoms with Crippen LogP contribution >= 0.6 is 0 Å². The molecular weight excluding hydrogens is 238 g/mol. The largest absolute Gasteiger partial charge is 0.241 e. The lowest BCUT2D eigenvalue weighted by Gasteiger charge is -2.06. The molecule has 90 valence electrons. The van der Waals surface area contributed by atoms with E-state index < -0.39 is 10.0 Å². The molecule has 0 amide bonds. The van der Waals surface area contributed by atoms with Crippen molar-refractivity contribution >= 4 is 10.0 Å². The number of nitrogens with two attached hydrogens (primary N) is 1. The Kier molecular flexibility index (Phi) is 2.76. The van der Waals surface area contributed by atoms with Crippen molar-refractivity contribution in [3.63, 3.8) is 0 Å². The van der Waals surface area contributed by atoms with Gasteiger partial charge in [-0.2, -0.15) is 5.10 Å². The van der Waals surface area contributed by atoms with Crippen LogP contribution in [0.4, 0.5) is 0 Å². The van der Waals surface area contributed by atoms with Crippen LogP contribution in [0.15, 0.2) is 35.5 Å². The summed E-state index contributed by atoms with van der Waals surface area (Å²) in [6, 6.07) is 5.85. The summed E-state index contributed by atoms with van der Waals surface area (Å²) in [5.74, 6) is 0. The second kappa shape index (κ2) is 3.97. The van der Waals surface area contributed by atoms with Gasteiger partial charge in [0.15, 0.2) is 0 Å². The Morgan fingerprint density at radius 1 is 1.29 bits per heavy atom. The predicted molar refractivity (Wildman–Crippen MR) is 64.4 cm³/mol. The lowest BCUT2D eigenvalue weighted by molar-refractivity contribution is 0.598. The molecule has 5 nitrogen and oxygen atoms in total. The van der Waals surface area contributed by atoms with E-state index in [1.807, 2.05) is 32.0 Å². The molecule has 0 aliphatic heterocycles. The number of benzene rings is 1. The van der Waals surface area contributed by atoms with Crippen molar-refractivity contribution in [1.82, 2.24) is 9.78 Å². The zero-order valence-corrected chi connectivity index (χ0v) is 10.4. The first kappa shape index (κ1) is 11.8. The highest BCUT2D eigenvalue weighted by atomic mass is 32.2. The van der Waals surface area contributed by atoms with Crippen LogP contribution in [-0.4, -0.2) is 18.2 Å². The van der Waals surface area contributed by atoms with Crippen LogP contribution in [0.25, 0.3) is 5.69 Å². The summed E-state index contributed by atoms with van der Waals surface area (Å²) in [6.07, 6.45) is 2.65. The first-order chi connectivity index (χ1) is 7.88. The van der Waals surface area contributed by atoms with E-state index in [-0.39, 0.29) is 4.90 Å². The van der Waals surface area contributed by atoms with E-state index in [1.165, 1.54) is 17.1 Å². The maximum atomic E-state index is 11.1. The molecule has 0 bridgehead atoms. The second-order valence-electron chi connectivity index (χ2n) is 3.96. The lowest BCUT2D eigenvalue weighted by Crippen LogP contribution is -2.11. The summed E-state index contributed by atoms with van der Waals surface area (Å²) in [5, 5.41) is 9.03. The molecular formula is C11H13N3O2S. The summed E-state index contributed by atoms with van der Waals surface area (Å²) >= 11 is 0. The summed E-state index contributed by atoms with van der Waals surface area (Å²) < 4.78 is 23.8. The van der Waals surface area contributed by atoms with Gasteiger partial charge >= 0.3 is 0 Å². The molecule has 6 heteroatoms. The van der Waals surface area contributed by atoms with Crippen LogP contribution in [0.5, 0.6) is 0 Å². The molecule has 1 heterocycles. The van der Waals surface area contributed by atoms with E-state index in [1.54, 1.807) is 0 Å². The Balaban J connectivity index is 2.51. The number of sulfonamides is 1. The maximum absolute atomic E-state index is 11.1. The maximum Gasteiger partial charge on any atom is 0.241 e. The number of nitrogens with zero attached hydrogens (tertiary/aromatic N) is 2. The third-order valence-electron chi connectivity index (χ3n) is 2.49. The van der Waals surface area contributed by atoms with Gasteiger partial charge in [0.25, 0.3) is 0 Å². The normalized spacial score (nSPS) is 11.7. The second-order valence-corrected chi connectivity index (χ2v) is 5.52. The van der Waals surface area contributed by atoms with Crippen molar-refractivity contribution < 1.29 is 8.42 Å². The molecule has 0 spiro atoms. The van der Waals surface area contributed by atoms with Crippen LogP contribution in [0.1, 0.15) is 11.1 Å². The van der Waals surface area contributed by atoms with Crippen LogP contribution < -0.4 is 5.14 Å². The average molecular weight is 251 g/mol. The number of aryl methyl sites for hydroxylation is 2. The van der Waals surface area contributed by atoms with Crippen LogP contribution in [-0.2, 0) is 10.0 Å². The third kappa shape index (κ3) is 2.37. The average Bonchev–Trinajstić information content (AvgIpc) is 2.65. The van der Waals surface area contributed by atoms with E-state index in [0.717, 1.165) is 16.8 Å². The van der Waals surface area contributed by atoms with Crippen LogP contribution in [0, 0.1) is 13.8 Å². The molecule has 2 N–H and O–H groups in total. The zero-order valence-electron chi connectivity index (χ0n) is 9.58. The highest BCUT2D eigenvalue weighted by molar-refractivity contribution is 7.89. The van der Waals surface area contributed by atoms with Gasteiger partial charge in [0, 0.05) is 0 Å². The highest BCUT2D eigenvalue weighted by Crippen LogP contribution is 2.16.